The Balaban J connectivity index is 2.67. The summed E-state index contributed by atoms with van der Waals surface area (Å²) >= 11 is 0. The van der Waals surface area contributed by atoms with E-state index in [2.05, 4.69) is 5.32 Å². The van der Waals surface area contributed by atoms with Crippen molar-refractivity contribution >= 4 is 17.6 Å². The molecule has 1 aromatic carbocycles. The number of aliphatic carboxylic acids is 1. The van der Waals surface area contributed by atoms with Crippen LogP contribution < -0.4 is 10.1 Å². The topological polar surface area (TPSA) is 99.4 Å². The number of carbonyl (C=O) groups excluding carboxylic acids is 1. The second kappa shape index (κ2) is 7.14. The smallest absolute Gasteiger partial charge is 0.303 e. The van der Waals surface area contributed by atoms with Gasteiger partial charge in [0.25, 0.3) is 0 Å². The fraction of sp³-hybridized carbons (Fsp3) is 0.357. The van der Waals surface area contributed by atoms with E-state index < -0.39 is 5.97 Å². The lowest BCUT2D eigenvalue weighted by molar-refractivity contribution is -0.138. The summed E-state index contributed by atoms with van der Waals surface area (Å²) in [6.45, 7) is 1.70. The summed E-state index contributed by atoms with van der Waals surface area (Å²) in [5.41, 5.74) is 0.887. The van der Waals surface area contributed by atoms with E-state index in [0.29, 0.717) is 17.0 Å². The van der Waals surface area contributed by atoms with Crippen LogP contribution in [-0.2, 0) is 9.59 Å². The summed E-state index contributed by atoms with van der Waals surface area (Å²) in [5, 5.41) is 20.1. The molecule has 1 atom stereocenters. The molecule has 0 saturated heterocycles. The molecule has 0 saturated carbocycles. The fourth-order valence-electron chi connectivity index (χ4n) is 1.76. The molecule has 1 rings (SSSR count). The van der Waals surface area contributed by atoms with Crippen molar-refractivity contribution in [1.29, 1.82) is 5.26 Å². The molecule has 0 bridgehead atoms. The first-order valence-corrected chi connectivity index (χ1v) is 6.06. The zero-order valence-electron chi connectivity index (χ0n) is 11.3. The lowest BCUT2D eigenvalue weighted by Gasteiger charge is -2.10. The first kappa shape index (κ1) is 15.5. The van der Waals surface area contributed by atoms with Crippen molar-refractivity contribution < 1.29 is 19.4 Å². The molecule has 0 aliphatic carbocycles. The molecule has 6 heteroatoms. The van der Waals surface area contributed by atoms with Gasteiger partial charge in [-0.05, 0) is 18.1 Å². The minimum absolute atomic E-state index is 0.0515. The Labute approximate surface area is 117 Å². The van der Waals surface area contributed by atoms with E-state index in [0.717, 1.165) is 0 Å². The molecule has 0 aromatic heterocycles. The SMILES string of the molecule is COc1cc(NC(=O)C[C@@H](C)CC(=O)O)ccc1C#N. The van der Waals surface area contributed by atoms with E-state index in [1.165, 1.54) is 7.11 Å². The average Bonchev–Trinajstić information content (AvgIpc) is 2.37. The van der Waals surface area contributed by atoms with Gasteiger partial charge >= 0.3 is 5.97 Å². The van der Waals surface area contributed by atoms with Crippen LogP contribution in [0.25, 0.3) is 0 Å². The zero-order valence-corrected chi connectivity index (χ0v) is 11.3. The van der Waals surface area contributed by atoms with Crippen LogP contribution in [0.5, 0.6) is 5.75 Å². The number of carbonyl (C=O) groups is 2. The normalized spacial score (nSPS) is 11.2. The highest BCUT2D eigenvalue weighted by Gasteiger charge is 2.13. The fourth-order valence-corrected chi connectivity index (χ4v) is 1.76. The van der Waals surface area contributed by atoms with E-state index in [9.17, 15) is 9.59 Å². The van der Waals surface area contributed by atoms with Crippen molar-refractivity contribution in [3.63, 3.8) is 0 Å². The Morgan fingerprint density at radius 1 is 1.45 bits per heavy atom. The predicted octanol–water partition coefficient (Wildman–Crippen LogP) is 2.01. The lowest BCUT2D eigenvalue weighted by Crippen LogP contribution is -2.17. The highest BCUT2D eigenvalue weighted by atomic mass is 16.5. The highest BCUT2D eigenvalue weighted by Crippen LogP contribution is 2.22. The van der Waals surface area contributed by atoms with Crippen molar-refractivity contribution in [1.82, 2.24) is 0 Å². The standard InChI is InChI=1S/C14H16N2O4/c1-9(6-14(18)19)5-13(17)16-11-4-3-10(8-15)12(7-11)20-2/h3-4,7,9H,5-6H2,1-2H3,(H,16,17)(H,18,19)/t9-/m1/s1. The molecular weight excluding hydrogens is 260 g/mol. The molecule has 0 unspecified atom stereocenters. The van der Waals surface area contributed by atoms with Gasteiger partial charge in [-0.1, -0.05) is 6.92 Å². The van der Waals surface area contributed by atoms with Crippen molar-refractivity contribution in [3.05, 3.63) is 23.8 Å². The van der Waals surface area contributed by atoms with E-state index in [1.54, 1.807) is 25.1 Å². The van der Waals surface area contributed by atoms with Crippen LogP contribution in [0.4, 0.5) is 5.69 Å². The molecule has 106 valence electrons. The van der Waals surface area contributed by atoms with Gasteiger partial charge in [-0.25, -0.2) is 0 Å². The van der Waals surface area contributed by atoms with Gasteiger partial charge in [0.2, 0.25) is 5.91 Å². The number of nitriles is 1. The van der Waals surface area contributed by atoms with Crippen LogP contribution in [0.2, 0.25) is 0 Å². The molecule has 0 fully saturated rings. The Morgan fingerprint density at radius 2 is 2.15 bits per heavy atom. The Morgan fingerprint density at radius 3 is 2.70 bits per heavy atom. The maximum atomic E-state index is 11.7. The molecular formula is C14H16N2O4. The lowest BCUT2D eigenvalue weighted by atomic mass is 10.0. The van der Waals surface area contributed by atoms with Crippen molar-refractivity contribution in [2.75, 3.05) is 12.4 Å². The zero-order chi connectivity index (χ0) is 15.1. The molecule has 0 heterocycles. The van der Waals surface area contributed by atoms with Gasteiger partial charge in [-0.2, -0.15) is 5.26 Å². The van der Waals surface area contributed by atoms with Crippen LogP contribution in [-0.4, -0.2) is 24.1 Å². The number of anilines is 1. The average molecular weight is 276 g/mol. The number of carboxylic acid groups (broad SMARTS) is 1. The molecule has 0 radical (unpaired) electrons. The molecule has 0 aliphatic heterocycles. The Kier molecular flexibility index (Phi) is 5.54. The second-order valence-electron chi connectivity index (χ2n) is 4.48. The summed E-state index contributed by atoms with van der Waals surface area (Å²) in [5.74, 6) is -1.06. The van der Waals surface area contributed by atoms with E-state index in [-0.39, 0.29) is 24.7 Å². The Hall–Kier alpha value is -2.55. The molecule has 0 spiro atoms. The largest absolute Gasteiger partial charge is 0.495 e. The number of nitrogens with one attached hydrogen (secondary N) is 1. The second-order valence-corrected chi connectivity index (χ2v) is 4.48. The summed E-state index contributed by atoms with van der Waals surface area (Å²) in [4.78, 5) is 22.3. The number of benzene rings is 1. The third-order valence-electron chi connectivity index (χ3n) is 2.66. The highest BCUT2D eigenvalue weighted by molar-refractivity contribution is 5.91. The number of ether oxygens (including phenoxy) is 1. The summed E-state index contributed by atoms with van der Waals surface area (Å²) in [7, 11) is 1.44. The van der Waals surface area contributed by atoms with Crippen LogP contribution in [0.3, 0.4) is 0 Å². The first-order valence-electron chi connectivity index (χ1n) is 6.06. The van der Waals surface area contributed by atoms with Crippen molar-refractivity contribution in [3.8, 4) is 11.8 Å². The molecule has 0 aliphatic rings. The van der Waals surface area contributed by atoms with Gasteiger partial charge in [0.15, 0.2) is 0 Å². The molecule has 2 N–H and O–H groups in total. The van der Waals surface area contributed by atoms with Crippen LogP contribution in [0.15, 0.2) is 18.2 Å². The molecule has 1 amide bonds. The maximum absolute atomic E-state index is 11.7. The minimum Gasteiger partial charge on any atom is -0.495 e. The maximum Gasteiger partial charge on any atom is 0.303 e. The number of nitrogens with zero attached hydrogens (tertiary/aromatic N) is 1. The number of carboxylic acids is 1. The van der Waals surface area contributed by atoms with Gasteiger partial charge in [-0.15, -0.1) is 0 Å². The van der Waals surface area contributed by atoms with Gasteiger partial charge in [0.1, 0.15) is 11.8 Å². The Bertz CT molecular complexity index is 549. The quantitative estimate of drug-likeness (QED) is 0.827. The van der Waals surface area contributed by atoms with Gasteiger partial charge < -0.3 is 15.2 Å². The molecule has 1 aromatic rings. The van der Waals surface area contributed by atoms with Gasteiger partial charge in [0, 0.05) is 24.6 Å². The van der Waals surface area contributed by atoms with Crippen LogP contribution in [0, 0.1) is 17.2 Å². The third kappa shape index (κ3) is 4.61. The van der Waals surface area contributed by atoms with Crippen LogP contribution >= 0.6 is 0 Å². The van der Waals surface area contributed by atoms with E-state index in [1.807, 2.05) is 6.07 Å². The number of hydrogen-bond acceptors (Lipinski definition) is 4. The van der Waals surface area contributed by atoms with E-state index in [4.69, 9.17) is 15.1 Å². The third-order valence-corrected chi connectivity index (χ3v) is 2.66. The van der Waals surface area contributed by atoms with Crippen molar-refractivity contribution in [2.45, 2.75) is 19.8 Å². The number of methoxy groups -OCH3 is 1. The van der Waals surface area contributed by atoms with Gasteiger partial charge in [0.05, 0.1) is 12.7 Å². The summed E-state index contributed by atoms with van der Waals surface area (Å²) in [6.07, 6.45) is 0.0682. The van der Waals surface area contributed by atoms with Gasteiger partial charge in [-0.3, -0.25) is 9.59 Å². The first-order chi connectivity index (χ1) is 9.46. The number of hydrogen-bond donors (Lipinski definition) is 2. The number of amides is 1. The summed E-state index contributed by atoms with van der Waals surface area (Å²) in [6, 6.07) is 6.68. The summed E-state index contributed by atoms with van der Waals surface area (Å²) < 4.78 is 5.04. The number of rotatable bonds is 6. The van der Waals surface area contributed by atoms with E-state index >= 15 is 0 Å². The van der Waals surface area contributed by atoms with Crippen LogP contribution in [0.1, 0.15) is 25.3 Å². The predicted molar refractivity (Wildman–Crippen MR) is 72.4 cm³/mol. The molecule has 6 nitrogen and oxygen atoms in total. The van der Waals surface area contributed by atoms with Crippen molar-refractivity contribution in [2.24, 2.45) is 5.92 Å². The monoisotopic (exact) mass is 276 g/mol. The minimum atomic E-state index is -0.926. The molecule has 20 heavy (non-hydrogen) atoms.